The number of nitrogens with zero attached hydrogens (tertiary/aromatic N) is 17. The first kappa shape index (κ1) is 95.7. The number of aromatic amines is 6. The molecule has 0 spiro atoms. The molecule has 0 radical (unpaired) electrons. The third kappa shape index (κ3) is 28.2. The molecule has 125 heavy (non-hydrogen) atoms. The van der Waals surface area contributed by atoms with E-state index in [0.717, 1.165) is 67.1 Å². The van der Waals surface area contributed by atoms with Crippen LogP contribution in [-0.2, 0) is 17.9 Å². The summed E-state index contributed by atoms with van der Waals surface area (Å²) >= 11 is 12.4. The van der Waals surface area contributed by atoms with Crippen molar-refractivity contribution in [2.75, 3.05) is 6.61 Å². The molecule has 0 aliphatic heterocycles. The van der Waals surface area contributed by atoms with Gasteiger partial charge in [0.2, 0.25) is 0 Å². The summed E-state index contributed by atoms with van der Waals surface area (Å²) in [5.41, 5.74) is 20.3. The molecule has 0 bridgehead atoms. The van der Waals surface area contributed by atoms with E-state index in [9.17, 15) is 13.6 Å². The van der Waals surface area contributed by atoms with E-state index in [-0.39, 0.29) is 30.5 Å². The van der Waals surface area contributed by atoms with Crippen LogP contribution in [-0.4, -0.2) is 138 Å². The van der Waals surface area contributed by atoms with Crippen LogP contribution < -0.4 is 0 Å². The first-order valence-electron chi connectivity index (χ1n) is 41.4. The number of aliphatic hydroxyl groups excluding tert-OH is 1. The monoisotopic (exact) mass is 1730 g/mol. The van der Waals surface area contributed by atoms with Crippen LogP contribution in [0.4, 0.5) is 8.78 Å². The molecule has 16 rings (SSSR count). The van der Waals surface area contributed by atoms with Crippen LogP contribution in [0.1, 0.15) is 214 Å². The number of benzene rings is 8. The molecule has 0 saturated heterocycles. The number of carboxylic acid groups (broad SMARTS) is 1. The maximum atomic E-state index is 13.7. The summed E-state index contributed by atoms with van der Waals surface area (Å²) in [4.78, 5) is 39.0. The summed E-state index contributed by atoms with van der Waals surface area (Å²) in [6.07, 6.45) is 12.1. The maximum Gasteiger partial charge on any atom is 0.325 e. The molecule has 0 fully saturated rings. The quantitative estimate of drug-likeness (QED) is 0.0351. The van der Waals surface area contributed by atoms with Gasteiger partial charge >= 0.3 is 5.97 Å². The van der Waals surface area contributed by atoms with Gasteiger partial charge in [0, 0.05) is 44.6 Å². The molecule has 0 aliphatic carbocycles. The standard InChI is InChI=1S/C13H15N3O2.C13H17N3O.2C12H15N3.C12H14N2.2C11H12ClN3.C11H11F2N3/c1-9(2)10-3-5-11(6-4-10)13-14-8-16(15-13)7-12(17)18;1-10(2)11-3-5-12(6-4-11)13-14-9-16(15-13)7-8-17;1-8(2)11-5-4-10(6-9(11)3)12-13-7-14-15-12;1-8(2)10-4-5-11(9(3)6-10)12-13-7-14-15-12;1-9(2)10-3-5-11(6-4-10)12-7-8-13-14-12;1-7(2)9-4-3-8(5-10(9)12)11-13-6-14-15-11;1-7(2)8-3-4-9(10(12)5-8)11-13-6-14-15-11;1-6(2)7-3-8(12)10(9(13)4-7)11-14-5-15-16-11/h3-6,8-9H,7H2,1-2H3,(H,17,18);3-6,9-10,17H,7-8H2,1-2H3;2*4-8H,1-3H3,(H,13,14,15);3-9H,1-2H3,(H,13,14);2*3-7H,1-2H3,(H,13,14,15);3-6H,1-2H3,(H,14,15,16). The van der Waals surface area contributed by atoms with Crippen molar-refractivity contribution >= 4 is 29.2 Å². The van der Waals surface area contributed by atoms with Gasteiger partial charge in [-0.3, -0.25) is 40.1 Å². The molecular formula is C95H111Cl2F2N23O3. The predicted molar refractivity (Wildman–Crippen MR) is 491 cm³/mol. The van der Waals surface area contributed by atoms with Gasteiger partial charge in [-0.25, -0.2) is 48.4 Å². The fourth-order valence-corrected chi connectivity index (χ4v) is 13.3. The smallest absolute Gasteiger partial charge is 0.325 e. The molecule has 8 aromatic heterocycles. The van der Waals surface area contributed by atoms with Crippen molar-refractivity contribution in [2.45, 2.75) is 185 Å². The summed E-state index contributed by atoms with van der Waals surface area (Å²) in [6, 6.07) is 54.3. The van der Waals surface area contributed by atoms with Gasteiger partial charge in [0.25, 0.3) is 0 Å². The highest BCUT2D eigenvalue weighted by atomic mass is 35.5. The molecule has 0 saturated carbocycles. The minimum Gasteiger partial charge on any atom is -0.480 e. The molecule has 0 atom stereocenters. The molecule has 0 amide bonds. The number of H-pyrrole nitrogens is 6. The molecule has 0 unspecified atom stereocenters. The lowest BCUT2D eigenvalue weighted by molar-refractivity contribution is -0.137. The van der Waals surface area contributed by atoms with Crippen molar-refractivity contribution in [3.05, 3.63) is 292 Å². The summed E-state index contributed by atoms with van der Waals surface area (Å²) in [7, 11) is 0. The number of halogens is 4. The number of aliphatic carboxylic acids is 1. The number of aromatic nitrogens is 23. The number of rotatable bonds is 20. The minimum atomic E-state index is -0.929. The fraction of sp³-hybridized carbons (Fsp3) is 0.305. The highest BCUT2D eigenvalue weighted by Gasteiger charge is 2.19. The summed E-state index contributed by atoms with van der Waals surface area (Å²) in [5, 5.41) is 66.9. The molecule has 8 aromatic carbocycles. The van der Waals surface area contributed by atoms with Crippen LogP contribution in [0.2, 0.25) is 10.0 Å². The zero-order valence-electron chi connectivity index (χ0n) is 73.9. The van der Waals surface area contributed by atoms with Gasteiger partial charge in [0.15, 0.2) is 40.8 Å². The van der Waals surface area contributed by atoms with Crippen molar-refractivity contribution in [2.24, 2.45) is 0 Å². The highest BCUT2D eigenvalue weighted by Crippen LogP contribution is 2.33. The Hall–Kier alpha value is -13.2. The van der Waals surface area contributed by atoms with E-state index >= 15 is 0 Å². The molecule has 30 heteroatoms. The average Bonchev–Trinajstić information content (AvgIpc) is 1.81. The molecule has 26 nitrogen and oxygen atoms in total. The number of hydrogen-bond acceptors (Lipinski definition) is 17. The first-order valence-corrected chi connectivity index (χ1v) is 42.1. The maximum absolute atomic E-state index is 13.7. The van der Waals surface area contributed by atoms with Crippen molar-refractivity contribution < 1.29 is 23.8 Å². The molecule has 16 aromatic rings. The van der Waals surface area contributed by atoms with Gasteiger partial charge in [0.05, 0.1) is 29.4 Å². The van der Waals surface area contributed by atoms with E-state index in [1.54, 1.807) is 17.2 Å². The van der Waals surface area contributed by atoms with E-state index in [1.165, 1.54) is 105 Å². The van der Waals surface area contributed by atoms with E-state index in [1.807, 2.05) is 86.6 Å². The molecule has 8 heterocycles. The van der Waals surface area contributed by atoms with Crippen LogP contribution in [0, 0.1) is 25.5 Å². The zero-order valence-corrected chi connectivity index (χ0v) is 75.4. The molecule has 8 N–H and O–H groups in total. The van der Waals surface area contributed by atoms with Gasteiger partial charge < -0.3 is 10.2 Å². The third-order valence-corrected chi connectivity index (χ3v) is 20.6. The molecule has 0 aliphatic rings. The van der Waals surface area contributed by atoms with Gasteiger partial charge in [0.1, 0.15) is 62.5 Å². The minimum absolute atomic E-state index is 0.0766. The Morgan fingerprint density at radius 3 is 1.15 bits per heavy atom. The van der Waals surface area contributed by atoms with E-state index < -0.39 is 17.6 Å². The highest BCUT2D eigenvalue weighted by molar-refractivity contribution is 6.33. The zero-order chi connectivity index (χ0) is 90.4. The van der Waals surface area contributed by atoms with Crippen molar-refractivity contribution in [3.8, 4) is 91.0 Å². The lowest BCUT2D eigenvalue weighted by atomic mass is 9.96. The number of carboxylic acids is 1. The first-order chi connectivity index (χ1) is 59.9. The van der Waals surface area contributed by atoms with Crippen LogP contribution >= 0.6 is 23.2 Å². The van der Waals surface area contributed by atoms with E-state index in [0.29, 0.717) is 76.0 Å². The second kappa shape index (κ2) is 46.9. The number of aryl methyl sites for hydroxylation is 2. The number of nitrogens with one attached hydrogen (secondary N) is 6. The van der Waals surface area contributed by atoms with Crippen LogP contribution in [0.5, 0.6) is 0 Å². The Balaban J connectivity index is 0.000000162. The second-order valence-electron chi connectivity index (χ2n) is 31.9. The van der Waals surface area contributed by atoms with Gasteiger partial charge in [-0.15, -0.1) is 0 Å². The second-order valence-corrected chi connectivity index (χ2v) is 32.8. The Morgan fingerprint density at radius 2 is 0.760 bits per heavy atom. The van der Waals surface area contributed by atoms with E-state index in [2.05, 4.69) is 296 Å². The van der Waals surface area contributed by atoms with Crippen molar-refractivity contribution in [3.63, 3.8) is 0 Å². The van der Waals surface area contributed by atoms with Crippen molar-refractivity contribution in [1.29, 1.82) is 0 Å². The summed E-state index contributed by atoms with van der Waals surface area (Å²) in [5.74, 6) is 6.00. The molecule has 652 valence electrons. The van der Waals surface area contributed by atoms with Gasteiger partial charge in [-0.05, 0) is 165 Å². The summed E-state index contributed by atoms with van der Waals surface area (Å²) in [6.45, 7) is 38.7. The van der Waals surface area contributed by atoms with Gasteiger partial charge in [-0.1, -0.05) is 255 Å². The van der Waals surface area contributed by atoms with Crippen molar-refractivity contribution in [1.82, 2.24) is 116 Å². The number of hydrogen-bond donors (Lipinski definition) is 8. The lowest BCUT2D eigenvalue weighted by Crippen LogP contribution is -2.08. The topological polar surface area (TPSA) is 355 Å². The number of aliphatic hydroxyl groups is 1. The predicted octanol–water partition coefficient (Wildman–Crippen LogP) is 22.6. The van der Waals surface area contributed by atoms with Crippen LogP contribution in [0.15, 0.2) is 214 Å². The fourth-order valence-electron chi connectivity index (χ4n) is 12.6. The van der Waals surface area contributed by atoms with Gasteiger partial charge in [-0.2, -0.15) is 40.8 Å². The Kier molecular flexibility index (Phi) is 35.9. The lowest BCUT2D eigenvalue weighted by Gasteiger charge is -2.10. The SMILES string of the molecule is CC(C)c1cc(F)c(-c2ncn[nH]2)c(F)c1.CC(C)c1ccc(-c2ccn[nH]2)cc1.CC(C)c1ccc(-c2ncn(CC(=O)O)n2)cc1.CC(C)c1ccc(-c2ncn(CCO)n2)cc1.CC(C)c1ccc(-c2ncn[nH]2)c(Cl)c1.CC(C)c1ccc(-c2ncn[nH]2)cc1Cl.Cc1cc(-c2ncn[nH]2)ccc1C(C)C.Cc1cc(C(C)C)ccc1-c1ncn[nH]1. The normalized spacial score (nSPS) is 10.9. The van der Waals surface area contributed by atoms with Crippen LogP contribution in [0.25, 0.3) is 91.0 Å². The Bertz CT molecular complexity index is 5660. The van der Waals surface area contributed by atoms with E-state index in [4.69, 9.17) is 33.4 Å². The Labute approximate surface area is 738 Å². The third-order valence-electron chi connectivity index (χ3n) is 20.0. The number of carbonyl (C=O) groups is 1. The summed E-state index contributed by atoms with van der Waals surface area (Å²) < 4.78 is 30.4. The van der Waals surface area contributed by atoms with Crippen LogP contribution in [0.3, 0.4) is 0 Å². The molecular weight excluding hydrogens is 1620 g/mol. The Morgan fingerprint density at radius 1 is 0.368 bits per heavy atom. The largest absolute Gasteiger partial charge is 0.480 e. The average molecular weight is 1730 g/mol.